The minimum atomic E-state index is -0.902. The third-order valence-electron chi connectivity index (χ3n) is 4.75. The van der Waals surface area contributed by atoms with Crippen LogP contribution in [-0.2, 0) is 0 Å². The molecule has 0 amide bonds. The first-order valence-electron chi connectivity index (χ1n) is 8.91. The maximum Gasteiger partial charge on any atom is 0.348 e. The van der Waals surface area contributed by atoms with Crippen molar-refractivity contribution < 1.29 is 9.90 Å². The first-order valence-corrected chi connectivity index (χ1v) is 9.73. The summed E-state index contributed by atoms with van der Waals surface area (Å²) in [7, 11) is 1.93. The minimum absolute atomic E-state index is 0.109. The molecule has 3 nitrogen and oxygen atoms in total. The van der Waals surface area contributed by atoms with Gasteiger partial charge < -0.3 is 10.0 Å². The minimum Gasteiger partial charge on any atom is -0.477 e. The Morgan fingerprint density at radius 2 is 1.92 bits per heavy atom. The van der Waals surface area contributed by atoms with Gasteiger partial charge in [0.2, 0.25) is 0 Å². The number of aromatic carboxylic acids is 1. The van der Waals surface area contributed by atoms with Crippen LogP contribution in [0.25, 0.3) is 0 Å². The number of carbonyl (C=O) groups is 1. The molecular weight excluding hydrogens is 330 g/mol. The first kappa shape index (κ1) is 19.6. The highest BCUT2D eigenvalue weighted by molar-refractivity contribution is 7.15. The zero-order valence-electron chi connectivity index (χ0n) is 16.0. The molecule has 1 aliphatic rings. The Labute approximate surface area is 155 Å². The fourth-order valence-corrected chi connectivity index (χ4v) is 4.00. The molecule has 1 N–H and O–H groups in total. The van der Waals surface area contributed by atoms with Crippen molar-refractivity contribution in [3.63, 3.8) is 0 Å². The van der Waals surface area contributed by atoms with Gasteiger partial charge in [0, 0.05) is 18.2 Å². The molecule has 25 heavy (non-hydrogen) atoms. The number of hydrogen-bond donors (Lipinski definition) is 1. The quantitative estimate of drug-likeness (QED) is 0.709. The highest BCUT2D eigenvalue weighted by Gasteiger charge is 2.26. The number of carboxylic acids is 1. The van der Waals surface area contributed by atoms with Crippen LogP contribution in [0.15, 0.2) is 18.3 Å². The molecule has 1 aliphatic carbocycles. The molecule has 0 spiro atoms. The lowest BCUT2D eigenvalue weighted by atomic mass is 9.81. The normalized spacial score (nSPS) is 20.5. The first-order chi connectivity index (χ1) is 11.6. The van der Waals surface area contributed by atoms with Crippen molar-refractivity contribution in [2.45, 2.75) is 53.4 Å². The summed E-state index contributed by atoms with van der Waals surface area (Å²) >= 11 is 1.25. The molecule has 1 aromatic rings. The third-order valence-corrected chi connectivity index (χ3v) is 5.77. The van der Waals surface area contributed by atoms with Crippen LogP contribution in [0, 0.1) is 29.1 Å². The summed E-state index contributed by atoms with van der Waals surface area (Å²) in [5.74, 6) is 6.63. The Balaban J connectivity index is 2.26. The van der Waals surface area contributed by atoms with E-state index in [1.54, 1.807) is 0 Å². The van der Waals surface area contributed by atoms with Gasteiger partial charge in [-0.05, 0) is 51.5 Å². The van der Waals surface area contributed by atoms with Gasteiger partial charge in [0.25, 0.3) is 0 Å². The maximum absolute atomic E-state index is 11.7. The van der Waals surface area contributed by atoms with Crippen LogP contribution < -0.4 is 4.90 Å². The highest BCUT2D eigenvalue weighted by Crippen LogP contribution is 2.37. The van der Waals surface area contributed by atoms with Crippen molar-refractivity contribution in [3.05, 3.63) is 28.1 Å². The number of hydrogen-bond acceptors (Lipinski definition) is 3. The lowest BCUT2D eigenvalue weighted by Crippen LogP contribution is -2.25. The molecule has 2 rings (SSSR count). The summed E-state index contributed by atoms with van der Waals surface area (Å²) in [5, 5.41) is 9.59. The van der Waals surface area contributed by atoms with Gasteiger partial charge in [-0.15, -0.1) is 11.3 Å². The monoisotopic (exact) mass is 359 g/mol. The Hall–Kier alpha value is -1.73. The topological polar surface area (TPSA) is 40.5 Å². The van der Waals surface area contributed by atoms with Gasteiger partial charge >= 0.3 is 5.97 Å². The van der Waals surface area contributed by atoms with Crippen molar-refractivity contribution in [2.24, 2.45) is 17.3 Å². The molecule has 1 aromatic heterocycles. The molecule has 0 unspecified atom stereocenters. The zero-order chi connectivity index (χ0) is 18.8. The highest BCUT2D eigenvalue weighted by atomic mass is 32.1. The van der Waals surface area contributed by atoms with Crippen molar-refractivity contribution in [2.75, 3.05) is 11.9 Å². The van der Waals surface area contributed by atoms with Crippen LogP contribution in [0.2, 0.25) is 0 Å². The lowest BCUT2D eigenvalue weighted by molar-refractivity contribution is 0.0703. The second-order valence-corrected chi connectivity index (χ2v) is 9.19. The fraction of sp³-hybridized carbons (Fsp3) is 0.571. The van der Waals surface area contributed by atoms with E-state index in [2.05, 4.69) is 25.3 Å². The van der Waals surface area contributed by atoms with E-state index in [1.165, 1.54) is 24.2 Å². The fourth-order valence-electron chi connectivity index (χ4n) is 3.12. The largest absolute Gasteiger partial charge is 0.477 e. The van der Waals surface area contributed by atoms with E-state index in [0.717, 1.165) is 29.3 Å². The summed E-state index contributed by atoms with van der Waals surface area (Å²) in [4.78, 5) is 14.8. The third kappa shape index (κ3) is 5.12. The van der Waals surface area contributed by atoms with Crippen LogP contribution in [0.5, 0.6) is 0 Å². The van der Waals surface area contributed by atoms with Gasteiger partial charge in [-0.1, -0.05) is 38.2 Å². The summed E-state index contributed by atoms with van der Waals surface area (Å²) in [6.45, 7) is 12.7. The number of carboxylic acid groups (broad SMARTS) is 1. The van der Waals surface area contributed by atoms with E-state index < -0.39 is 5.97 Å². The van der Waals surface area contributed by atoms with E-state index in [1.807, 2.05) is 38.8 Å². The van der Waals surface area contributed by atoms with Crippen molar-refractivity contribution in [1.82, 2.24) is 0 Å². The zero-order valence-corrected chi connectivity index (χ0v) is 16.8. The number of allylic oxidation sites excluding steroid dienone is 1. The van der Waals surface area contributed by atoms with E-state index in [4.69, 9.17) is 0 Å². The van der Waals surface area contributed by atoms with Gasteiger partial charge in [-0.3, -0.25) is 0 Å². The predicted octanol–water partition coefficient (Wildman–Crippen LogP) is 5.62. The van der Waals surface area contributed by atoms with Gasteiger partial charge in [0.1, 0.15) is 4.88 Å². The Morgan fingerprint density at radius 1 is 1.32 bits per heavy atom. The number of rotatable bonds is 4. The second-order valence-electron chi connectivity index (χ2n) is 8.14. The molecular formula is C21H29NO2S. The number of thiophene rings is 1. The van der Waals surface area contributed by atoms with Crippen molar-refractivity contribution >= 4 is 23.0 Å². The van der Waals surface area contributed by atoms with Crippen LogP contribution >= 0.6 is 11.3 Å². The smallest absolute Gasteiger partial charge is 0.348 e. The van der Waals surface area contributed by atoms with Crippen LogP contribution in [0.3, 0.4) is 0 Å². The van der Waals surface area contributed by atoms with Crippen LogP contribution in [0.1, 0.15) is 67.9 Å². The Kier molecular flexibility index (Phi) is 6.00. The lowest BCUT2D eigenvalue weighted by Gasteiger charge is -2.32. The summed E-state index contributed by atoms with van der Waals surface area (Å²) in [6.07, 6.45) is 4.70. The van der Waals surface area contributed by atoms with Crippen LogP contribution in [-0.4, -0.2) is 18.1 Å². The van der Waals surface area contributed by atoms with Crippen molar-refractivity contribution in [3.8, 4) is 11.8 Å². The summed E-state index contributed by atoms with van der Waals surface area (Å²) in [6, 6.07) is 1.89. The molecule has 136 valence electrons. The predicted molar refractivity (Wildman–Crippen MR) is 106 cm³/mol. The molecule has 1 heterocycles. The SMILES string of the molecule is C=C(C1CCC(C)CC1)N(C)c1cc(C#CC(C)(C)C)sc1C(=O)O. The molecule has 0 bridgehead atoms. The van der Waals surface area contributed by atoms with Gasteiger partial charge in [0.05, 0.1) is 10.6 Å². The average molecular weight is 360 g/mol. The van der Waals surface area contributed by atoms with E-state index in [9.17, 15) is 9.90 Å². The second kappa shape index (κ2) is 7.66. The van der Waals surface area contributed by atoms with E-state index >= 15 is 0 Å². The van der Waals surface area contributed by atoms with Gasteiger partial charge in [-0.25, -0.2) is 4.79 Å². The number of anilines is 1. The van der Waals surface area contributed by atoms with Gasteiger partial charge in [-0.2, -0.15) is 0 Å². The molecule has 1 saturated carbocycles. The summed E-state index contributed by atoms with van der Waals surface area (Å²) in [5.41, 5.74) is 1.61. The molecule has 0 radical (unpaired) electrons. The number of nitrogens with zero attached hydrogens (tertiary/aromatic N) is 1. The molecule has 0 saturated heterocycles. The maximum atomic E-state index is 11.7. The van der Waals surface area contributed by atoms with E-state index in [-0.39, 0.29) is 5.41 Å². The summed E-state index contributed by atoms with van der Waals surface area (Å²) < 4.78 is 0. The molecule has 1 fully saturated rings. The average Bonchev–Trinajstić information content (AvgIpc) is 2.96. The van der Waals surface area contributed by atoms with Crippen LogP contribution in [0.4, 0.5) is 5.69 Å². The molecule has 4 heteroatoms. The standard InChI is InChI=1S/C21H29NO2S/c1-14-7-9-16(10-8-14)15(2)22(6)18-13-17(11-12-21(3,4)5)25-19(18)20(23)24/h13-14,16H,2,7-10H2,1,3-6H3,(H,23,24). The van der Waals surface area contributed by atoms with Gasteiger partial charge in [0.15, 0.2) is 0 Å². The molecule has 0 atom stereocenters. The molecule has 0 aliphatic heterocycles. The van der Waals surface area contributed by atoms with E-state index in [0.29, 0.717) is 16.5 Å². The Morgan fingerprint density at radius 3 is 2.44 bits per heavy atom. The Bertz CT molecular complexity index is 706. The van der Waals surface area contributed by atoms with Crippen molar-refractivity contribution in [1.29, 1.82) is 0 Å². The molecule has 0 aromatic carbocycles.